The van der Waals surface area contributed by atoms with E-state index in [4.69, 9.17) is 16.9 Å². The summed E-state index contributed by atoms with van der Waals surface area (Å²) in [5.74, 6) is -2.21. The number of hydrogen-bond donors (Lipinski definition) is 0. The molecule has 4 heteroatoms. The molecular weight excluding hydrogens is 253 g/mol. The smallest absolute Gasteiger partial charge is 0.157 e. The fraction of sp³-hybridized carbons (Fsp3) is 0.429. The zero-order valence-electron chi connectivity index (χ0n) is 10.4. The van der Waals surface area contributed by atoms with E-state index in [1.165, 1.54) is 18.2 Å². The molecule has 0 radical (unpaired) electrons. The second-order valence-corrected chi connectivity index (χ2v) is 4.52. The highest BCUT2D eigenvalue weighted by atomic mass is 35.5. The first-order valence-electron chi connectivity index (χ1n) is 5.94. The van der Waals surface area contributed by atoms with Crippen LogP contribution in [-0.2, 0) is 4.79 Å². The van der Waals surface area contributed by atoms with Gasteiger partial charge in [-0.25, -0.2) is 4.39 Å². The summed E-state index contributed by atoms with van der Waals surface area (Å²) < 4.78 is 13.7. The number of nitrogens with zero attached hydrogens (tertiary/aromatic N) is 1. The van der Waals surface area contributed by atoms with E-state index >= 15 is 0 Å². The molecule has 1 atom stereocenters. The zero-order chi connectivity index (χ0) is 13.7. The van der Waals surface area contributed by atoms with Crippen molar-refractivity contribution in [3.05, 3.63) is 34.6 Å². The number of carbonyl (C=O) groups is 1. The third-order valence-electron chi connectivity index (χ3n) is 3.09. The van der Waals surface area contributed by atoms with Crippen molar-refractivity contribution in [2.24, 2.45) is 5.92 Å². The normalized spacial score (nSPS) is 12.2. The largest absolute Gasteiger partial charge is 0.298 e. The van der Waals surface area contributed by atoms with Gasteiger partial charge in [-0.1, -0.05) is 31.5 Å². The molecule has 0 spiro atoms. The first kappa shape index (κ1) is 14.7. The fourth-order valence-electron chi connectivity index (χ4n) is 1.98. The van der Waals surface area contributed by atoms with E-state index < -0.39 is 11.7 Å². The molecule has 0 saturated heterocycles. The van der Waals surface area contributed by atoms with Crippen LogP contribution in [0.2, 0.25) is 5.02 Å². The van der Waals surface area contributed by atoms with Crippen molar-refractivity contribution < 1.29 is 9.18 Å². The Balaban J connectivity index is 3.19. The number of Topliss-reactive ketones (excluding diaryl/α,β-unsaturated/α-hetero) is 1. The van der Waals surface area contributed by atoms with Crippen molar-refractivity contribution in [2.45, 2.75) is 32.6 Å². The number of carbonyl (C=O) groups excluding carboxylic acids is 1. The maximum absolute atomic E-state index is 13.7. The molecule has 0 saturated carbocycles. The standard InChI is InChI=1S/C14H15ClFNO/c1-3-9(4-2)14(18)10(8-17)13-11(15)6-5-7-12(13)16/h5-7,9-10H,3-4H2,1-2H3. The minimum atomic E-state index is -1.12. The monoisotopic (exact) mass is 267 g/mol. The van der Waals surface area contributed by atoms with Gasteiger partial charge in [-0.05, 0) is 25.0 Å². The third-order valence-corrected chi connectivity index (χ3v) is 3.42. The average Bonchev–Trinajstić information content (AvgIpc) is 2.35. The second kappa shape index (κ2) is 6.51. The van der Waals surface area contributed by atoms with Crippen molar-refractivity contribution in [3.8, 4) is 6.07 Å². The minimum Gasteiger partial charge on any atom is -0.298 e. The maximum atomic E-state index is 13.7. The van der Waals surface area contributed by atoms with Crippen LogP contribution in [0.1, 0.15) is 38.2 Å². The van der Waals surface area contributed by atoms with E-state index in [1.807, 2.05) is 19.9 Å². The number of rotatable bonds is 5. The number of hydrogen-bond acceptors (Lipinski definition) is 2. The van der Waals surface area contributed by atoms with E-state index in [0.717, 1.165) is 0 Å². The molecule has 18 heavy (non-hydrogen) atoms. The van der Waals surface area contributed by atoms with Gasteiger partial charge in [0.1, 0.15) is 11.7 Å². The predicted molar refractivity (Wildman–Crippen MR) is 68.8 cm³/mol. The summed E-state index contributed by atoms with van der Waals surface area (Å²) in [7, 11) is 0. The topological polar surface area (TPSA) is 40.9 Å². The molecule has 0 aliphatic heterocycles. The lowest BCUT2D eigenvalue weighted by atomic mass is 9.85. The van der Waals surface area contributed by atoms with Gasteiger partial charge in [0.25, 0.3) is 0 Å². The van der Waals surface area contributed by atoms with E-state index in [2.05, 4.69) is 0 Å². The van der Waals surface area contributed by atoms with Gasteiger partial charge < -0.3 is 0 Å². The first-order valence-corrected chi connectivity index (χ1v) is 6.31. The summed E-state index contributed by atoms with van der Waals surface area (Å²) in [4.78, 5) is 12.2. The van der Waals surface area contributed by atoms with Crippen LogP contribution in [0.25, 0.3) is 0 Å². The lowest BCUT2D eigenvalue weighted by Crippen LogP contribution is -2.21. The van der Waals surface area contributed by atoms with Gasteiger partial charge in [-0.2, -0.15) is 5.26 Å². The van der Waals surface area contributed by atoms with Crippen molar-refractivity contribution in [2.75, 3.05) is 0 Å². The van der Waals surface area contributed by atoms with Crippen LogP contribution >= 0.6 is 11.6 Å². The Morgan fingerprint density at radius 1 is 1.44 bits per heavy atom. The van der Waals surface area contributed by atoms with Gasteiger partial charge in [-0.3, -0.25) is 4.79 Å². The van der Waals surface area contributed by atoms with Gasteiger partial charge in [0.2, 0.25) is 0 Å². The van der Waals surface area contributed by atoms with Gasteiger partial charge in [0.15, 0.2) is 5.78 Å². The Labute approximate surface area is 111 Å². The van der Waals surface area contributed by atoms with E-state index in [9.17, 15) is 9.18 Å². The molecule has 0 aliphatic rings. The Kier molecular flexibility index (Phi) is 5.30. The van der Waals surface area contributed by atoms with E-state index in [-0.39, 0.29) is 22.3 Å². The van der Waals surface area contributed by atoms with Crippen LogP contribution in [0.15, 0.2) is 18.2 Å². The SMILES string of the molecule is CCC(CC)C(=O)C(C#N)c1c(F)cccc1Cl. The van der Waals surface area contributed by atoms with Gasteiger partial charge in [-0.15, -0.1) is 0 Å². The fourth-order valence-corrected chi connectivity index (χ4v) is 2.26. The average molecular weight is 268 g/mol. The van der Waals surface area contributed by atoms with Crippen molar-refractivity contribution in [1.82, 2.24) is 0 Å². The van der Waals surface area contributed by atoms with E-state index in [0.29, 0.717) is 12.8 Å². The van der Waals surface area contributed by atoms with Crippen molar-refractivity contribution >= 4 is 17.4 Å². The van der Waals surface area contributed by atoms with E-state index in [1.54, 1.807) is 0 Å². The van der Waals surface area contributed by atoms with Crippen LogP contribution in [-0.4, -0.2) is 5.78 Å². The van der Waals surface area contributed by atoms with Crippen LogP contribution in [0.4, 0.5) is 4.39 Å². The molecule has 2 nitrogen and oxygen atoms in total. The Morgan fingerprint density at radius 2 is 2.06 bits per heavy atom. The molecule has 1 aromatic carbocycles. The van der Waals surface area contributed by atoms with Gasteiger partial charge in [0.05, 0.1) is 6.07 Å². The number of benzene rings is 1. The lowest BCUT2D eigenvalue weighted by Gasteiger charge is -2.17. The number of halogens is 2. The van der Waals surface area contributed by atoms with Crippen molar-refractivity contribution in [3.63, 3.8) is 0 Å². The third kappa shape index (κ3) is 2.88. The summed E-state index contributed by atoms with van der Waals surface area (Å²) in [6, 6.07) is 6.04. The molecule has 1 rings (SSSR count). The summed E-state index contributed by atoms with van der Waals surface area (Å²) in [6.45, 7) is 3.76. The second-order valence-electron chi connectivity index (χ2n) is 4.11. The minimum absolute atomic E-state index is 0.00133. The zero-order valence-corrected chi connectivity index (χ0v) is 11.2. The maximum Gasteiger partial charge on any atom is 0.157 e. The Bertz CT molecular complexity index is 457. The first-order chi connectivity index (χ1) is 8.56. The molecule has 0 N–H and O–H groups in total. The summed E-state index contributed by atoms with van der Waals surface area (Å²) >= 11 is 5.89. The molecule has 0 fully saturated rings. The number of ketones is 1. The predicted octanol–water partition coefficient (Wildman–Crippen LogP) is 4.09. The van der Waals surface area contributed by atoms with Crippen LogP contribution in [0.3, 0.4) is 0 Å². The Hall–Kier alpha value is -1.40. The van der Waals surface area contributed by atoms with Gasteiger partial charge in [0, 0.05) is 16.5 Å². The highest BCUT2D eigenvalue weighted by Crippen LogP contribution is 2.30. The molecule has 0 heterocycles. The van der Waals surface area contributed by atoms with Crippen molar-refractivity contribution in [1.29, 1.82) is 5.26 Å². The molecule has 0 aliphatic carbocycles. The van der Waals surface area contributed by atoms with Crippen LogP contribution in [0.5, 0.6) is 0 Å². The van der Waals surface area contributed by atoms with Crippen LogP contribution in [0, 0.1) is 23.1 Å². The quantitative estimate of drug-likeness (QED) is 0.806. The molecular formula is C14H15ClFNO. The summed E-state index contributed by atoms with van der Waals surface area (Å²) in [5, 5.41) is 9.27. The van der Waals surface area contributed by atoms with Gasteiger partial charge >= 0.3 is 0 Å². The molecule has 0 amide bonds. The molecule has 1 unspecified atom stereocenters. The molecule has 0 bridgehead atoms. The van der Waals surface area contributed by atoms with Crippen LogP contribution < -0.4 is 0 Å². The molecule has 0 aromatic heterocycles. The summed E-state index contributed by atoms with van der Waals surface area (Å²) in [6.07, 6.45) is 1.28. The Morgan fingerprint density at radius 3 is 2.50 bits per heavy atom. The lowest BCUT2D eigenvalue weighted by molar-refractivity contribution is -0.123. The summed E-state index contributed by atoms with van der Waals surface area (Å²) in [5.41, 5.74) is -0.00133. The molecule has 96 valence electrons. The highest BCUT2D eigenvalue weighted by molar-refractivity contribution is 6.31. The highest BCUT2D eigenvalue weighted by Gasteiger charge is 2.29. The number of nitriles is 1. The molecule has 1 aromatic rings.